The van der Waals surface area contributed by atoms with E-state index in [1.165, 1.54) is 0 Å². The molecule has 0 saturated heterocycles. The summed E-state index contributed by atoms with van der Waals surface area (Å²) in [4.78, 5) is 18.1. The number of para-hydroxylation sites is 1. The maximum atomic E-state index is 13.1. The molecule has 2 aromatic carbocycles. The lowest BCUT2D eigenvalue weighted by molar-refractivity contribution is -0.118. The van der Waals surface area contributed by atoms with Crippen LogP contribution in [0.2, 0.25) is 0 Å². The minimum absolute atomic E-state index is 0. The molecular formula is C22H31Cl2N3O3S. The van der Waals surface area contributed by atoms with Gasteiger partial charge in [-0.15, -0.1) is 36.6 Å². The minimum Gasteiger partial charge on any atom is -0.497 e. The van der Waals surface area contributed by atoms with Crippen LogP contribution in [0.1, 0.15) is 17.2 Å². The second kappa shape index (κ2) is 13.0. The van der Waals surface area contributed by atoms with E-state index in [0.29, 0.717) is 18.9 Å². The predicted octanol–water partition coefficient (Wildman–Crippen LogP) is 4.01. The zero-order valence-electron chi connectivity index (χ0n) is 18.1. The fraction of sp³-hybridized carbons (Fsp3) is 0.409. The average Bonchev–Trinajstić information content (AvgIpc) is 2.74. The largest absolute Gasteiger partial charge is 0.497 e. The number of amides is 1. The van der Waals surface area contributed by atoms with Crippen LogP contribution in [0.3, 0.4) is 0 Å². The van der Waals surface area contributed by atoms with E-state index in [9.17, 15) is 4.79 Å². The molecule has 2 N–H and O–H groups in total. The standard InChI is InChI=1S/C22H29N3O3S.2ClH/c1-24(13-11-23)12-6-14-28-19-10-9-16(27-3)15-17(19)21-22(26)25(2)18-7-4-5-8-20(18)29-21;;/h4-5,7-10,15,21H,6,11-14,23H2,1-3H3;2*1H/t21-;;/m1../s1. The molecule has 0 radical (unpaired) electrons. The average molecular weight is 488 g/mol. The molecule has 0 bridgehead atoms. The van der Waals surface area contributed by atoms with Crippen molar-refractivity contribution in [2.45, 2.75) is 16.6 Å². The number of ether oxygens (including phenoxy) is 2. The van der Waals surface area contributed by atoms with Gasteiger partial charge in [0, 0.05) is 37.1 Å². The second-order valence-corrected chi connectivity index (χ2v) is 8.21. The highest BCUT2D eigenvalue weighted by molar-refractivity contribution is 8.00. The number of carbonyl (C=O) groups is 1. The van der Waals surface area contributed by atoms with Crippen LogP contribution in [0.4, 0.5) is 5.69 Å². The van der Waals surface area contributed by atoms with Crippen LogP contribution in [0.25, 0.3) is 0 Å². The maximum Gasteiger partial charge on any atom is 0.244 e. The molecule has 0 unspecified atom stereocenters. The van der Waals surface area contributed by atoms with Crippen LogP contribution in [0, 0.1) is 0 Å². The molecule has 31 heavy (non-hydrogen) atoms. The molecule has 0 aliphatic carbocycles. The summed E-state index contributed by atoms with van der Waals surface area (Å²) in [5, 5.41) is -0.375. The summed E-state index contributed by atoms with van der Waals surface area (Å²) < 4.78 is 11.5. The minimum atomic E-state index is -0.375. The van der Waals surface area contributed by atoms with Crippen molar-refractivity contribution in [1.29, 1.82) is 0 Å². The molecule has 0 aromatic heterocycles. The van der Waals surface area contributed by atoms with E-state index in [2.05, 4.69) is 11.9 Å². The highest BCUT2D eigenvalue weighted by atomic mass is 35.5. The molecule has 2 aromatic rings. The second-order valence-electron chi connectivity index (χ2n) is 7.06. The number of nitrogens with two attached hydrogens (primary N) is 1. The number of hydrogen-bond donors (Lipinski definition) is 1. The molecule has 1 atom stereocenters. The quantitative estimate of drug-likeness (QED) is 0.538. The van der Waals surface area contributed by atoms with Gasteiger partial charge in [-0.1, -0.05) is 12.1 Å². The number of fused-ring (bicyclic) bond motifs is 1. The Morgan fingerprint density at radius 3 is 2.61 bits per heavy atom. The number of benzene rings is 2. The van der Waals surface area contributed by atoms with Crippen LogP contribution in [0.15, 0.2) is 47.4 Å². The number of anilines is 1. The summed E-state index contributed by atoms with van der Waals surface area (Å²) in [6.07, 6.45) is 0.885. The summed E-state index contributed by atoms with van der Waals surface area (Å²) >= 11 is 1.56. The highest BCUT2D eigenvalue weighted by Gasteiger charge is 2.34. The Labute approximate surface area is 201 Å². The summed E-state index contributed by atoms with van der Waals surface area (Å²) in [7, 11) is 5.50. The van der Waals surface area contributed by atoms with Crippen LogP contribution in [-0.2, 0) is 4.79 Å². The van der Waals surface area contributed by atoms with E-state index in [-0.39, 0.29) is 36.0 Å². The molecule has 6 nitrogen and oxygen atoms in total. The van der Waals surface area contributed by atoms with E-state index < -0.39 is 0 Å². The van der Waals surface area contributed by atoms with Crippen LogP contribution < -0.4 is 20.1 Å². The van der Waals surface area contributed by atoms with Gasteiger partial charge in [0.15, 0.2) is 0 Å². The van der Waals surface area contributed by atoms with E-state index in [1.54, 1.807) is 23.8 Å². The van der Waals surface area contributed by atoms with Gasteiger partial charge in [0.1, 0.15) is 16.7 Å². The zero-order valence-corrected chi connectivity index (χ0v) is 20.5. The van der Waals surface area contributed by atoms with Crippen molar-refractivity contribution in [2.75, 3.05) is 52.3 Å². The van der Waals surface area contributed by atoms with Gasteiger partial charge in [-0.05, 0) is 43.8 Å². The summed E-state index contributed by atoms with van der Waals surface area (Å²) in [6, 6.07) is 13.6. The third-order valence-corrected chi connectivity index (χ3v) is 6.27. The van der Waals surface area contributed by atoms with E-state index >= 15 is 0 Å². The fourth-order valence-electron chi connectivity index (χ4n) is 3.34. The maximum absolute atomic E-state index is 13.1. The topological polar surface area (TPSA) is 68.0 Å². The van der Waals surface area contributed by atoms with Crippen molar-refractivity contribution in [3.63, 3.8) is 0 Å². The Morgan fingerprint density at radius 1 is 1.16 bits per heavy atom. The van der Waals surface area contributed by atoms with Crippen LogP contribution in [0.5, 0.6) is 11.5 Å². The highest BCUT2D eigenvalue weighted by Crippen LogP contribution is 2.48. The van der Waals surface area contributed by atoms with Gasteiger partial charge in [0.25, 0.3) is 0 Å². The number of nitrogens with zero attached hydrogens (tertiary/aromatic N) is 2. The lowest BCUT2D eigenvalue weighted by Crippen LogP contribution is -2.33. The van der Waals surface area contributed by atoms with Crippen LogP contribution >= 0.6 is 36.6 Å². The Bertz CT molecular complexity index is 857. The first-order valence-corrected chi connectivity index (χ1v) is 10.7. The molecule has 172 valence electrons. The monoisotopic (exact) mass is 487 g/mol. The van der Waals surface area contributed by atoms with Gasteiger partial charge in [0.05, 0.1) is 19.4 Å². The zero-order chi connectivity index (χ0) is 20.8. The smallest absolute Gasteiger partial charge is 0.244 e. The lowest BCUT2D eigenvalue weighted by Gasteiger charge is -2.32. The van der Waals surface area contributed by atoms with Crippen LogP contribution in [-0.4, -0.2) is 58.3 Å². The summed E-state index contributed by atoms with van der Waals surface area (Å²) in [5.41, 5.74) is 7.37. The van der Waals surface area contributed by atoms with Gasteiger partial charge in [-0.2, -0.15) is 0 Å². The Balaban J connectivity index is 0.00000240. The number of carbonyl (C=O) groups excluding carboxylic acids is 1. The van der Waals surface area contributed by atoms with Crippen molar-refractivity contribution in [1.82, 2.24) is 4.90 Å². The molecule has 0 spiro atoms. The number of methoxy groups -OCH3 is 1. The number of hydrogen-bond acceptors (Lipinski definition) is 6. The lowest BCUT2D eigenvalue weighted by atomic mass is 10.1. The van der Waals surface area contributed by atoms with Gasteiger partial charge in [-0.25, -0.2) is 0 Å². The first-order valence-electron chi connectivity index (χ1n) is 9.77. The molecule has 0 saturated carbocycles. The molecule has 9 heteroatoms. The Kier molecular flexibility index (Phi) is 11.5. The fourth-order valence-corrected chi connectivity index (χ4v) is 4.65. The van der Waals surface area contributed by atoms with Gasteiger partial charge in [-0.3, -0.25) is 4.79 Å². The molecular weight excluding hydrogens is 457 g/mol. The normalized spacial score (nSPS) is 15.1. The van der Waals surface area contributed by atoms with Crippen molar-refractivity contribution < 1.29 is 14.3 Å². The molecule has 1 aliphatic heterocycles. The van der Waals surface area contributed by atoms with Crippen molar-refractivity contribution >= 4 is 48.2 Å². The third kappa shape index (κ3) is 6.67. The Hall–Kier alpha value is -1.64. The summed E-state index contributed by atoms with van der Waals surface area (Å²) in [6.45, 7) is 3.00. The van der Waals surface area contributed by atoms with Crippen molar-refractivity contribution in [3.8, 4) is 11.5 Å². The summed E-state index contributed by atoms with van der Waals surface area (Å²) in [5.74, 6) is 1.48. The predicted molar refractivity (Wildman–Crippen MR) is 133 cm³/mol. The van der Waals surface area contributed by atoms with Gasteiger partial charge >= 0.3 is 0 Å². The molecule has 1 amide bonds. The van der Waals surface area contributed by atoms with E-state index in [1.807, 2.05) is 49.5 Å². The first kappa shape index (κ1) is 27.4. The van der Waals surface area contributed by atoms with E-state index in [0.717, 1.165) is 41.4 Å². The van der Waals surface area contributed by atoms with Gasteiger partial charge < -0.3 is 25.0 Å². The number of thioether (sulfide) groups is 1. The SMILES string of the molecule is COc1ccc(OCCCN(C)CCN)c([C@H]2Sc3ccccc3N(C)C2=O)c1.Cl.Cl. The number of halogens is 2. The van der Waals surface area contributed by atoms with Crippen molar-refractivity contribution in [2.24, 2.45) is 5.73 Å². The third-order valence-electron chi connectivity index (χ3n) is 4.98. The number of rotatable bonds is 9. The van der Waals surface area contributed by atoms with Crippen molar-refractivity contribution in [3.05, 3.63) is 48.0 Å². The molecule has 1 aliphatic rings. The molecule has 3 rings (SSSR count). The Morgan fingerprint density at radius 2 is 1.90 bits per heavy atom. The first-order chi connectivity index (χ1) is 14.0. The van der Waals surface area contributed by atoms with E-state index in [4.69, 9.17) is 15.2 Å². The number of likely N-dealkylation sites (N-methyl/N-ethyl adjacent to an activating group) is 2. The van der Waals surface area contributed by atoms with Gasteiger partial charge in [0.2, 0.25) is 5.91 Å². The molecule has 1 heterocycles. The molecule has 0 fully saturated rings.